The van der Waals surface area contributed by atoms with Crippen molar-refractivity contribution >= 4 is 68.7 Å². The maximum Gasteiger partial charge on any atom is 0.343 e. The largest absolute Gasteiger partial charge is 0.496 e. The number of aromatic nitrogens is 4. The topological polar surface area (TPSA) is 143 Å². The van der Waals surface area contributed by atoms with Gasteiger partial charge < -0.3 is 15.4 Å². The lowest BCUT2D eigenvalue weighted by Gasteiger charge is -2.10. The molecule has 0 aliphatic carbocycles. The Labute approximate surface area is 276 Å². The fourth-order valence-electron chi connectivity index (χ4n) is 4.74. The Balaban J connectivity index is 0.000000181. The van der Waals surface area contributed by atoms with Gasteiger partial charge >= 0.3 is 12.1 Å². The molecule has 2 heterocycles. The van der Waals surface area contributed by atoms with Crippen LogP contribution in [-0.4, -0.2) is 38.7 Å². The Bertz CT molecular complexity index is 2180. The van der Waals surface area contributed by atoms with Crippen molar-refractivity contribution < 1.29 is 14.3 Å². The highest BCUT2D eigenvalue weighted by atomic mass is 35.5. The molecule has 0 spiro atoms. The Morgan fingerprint density at radius 3 is 1.80 bits per heavy atom. The minimum Gasteiger partial charge on any atom is -0.496 e. The van der Waals surface area contributed by atoms with Gasteiger partial charge in [-0.25, -0.2) is 9.59 Å². The summed E-state index contributed by atoms with van der Waals surface area (Å²) >= 11 is 18.0. The lowest BCUT2D eigenvalue weighted by molar-refractivity contribution is 0.237. The van der Waals surface area contributed by atoms with Gasteiger partial charge in [0, 0.05) is 33.7 Å². The number of fused-ring (bicyclic) bond motifs is 2. The SMILES string of the molecule is COc1ccc(Cl)cc1CNC(=O)n1[nH]c2ccccc2c1=O.Cc1cc(Cl)cc(Cl)c1CNC(=O)n1[nH]c2ccccc2c1=O. The van der Waals surface area contributed by atoms with Crippen molar-refractivity contribution in [3.63, 3.8) is 0 Å². The number of amides is 2. The number of nitrogens with zero attached hydrogens (tertiary/aromatic N) is 2. The summed E-state index contributed by atoms with van der Waals surface area (Å²) < 4.78 is 7.12. The highest BCUT2D eigenvalue weighted by molar-refractivity contribution is 6.35. The highest BCUT2D eigenvalue weighted by Gasteiger charge is 2.15. The molecule has 0 aliphatic rings. The molecule has 14 heteroatoms. The predicted molar refractivity (Wildman–Crippen MR) is 180 cm³/mol. The molecule has 6 aromatic rings. The summed E-state index contributed by atoms with van der Waals surface area (Å²) in [6, 6.07) is 21.3. The molecule has 0 aliphatic heterocycles. The van der Waals surface area contributed by atoms with Crippen molar-refractivity contribution in [2.24, 2.45) is 0 Å². The standard InChI is InChI=1S/C16H13Cl2N3O2.C16H14ClN3O3/c1-9-6-10(17)7-13(18)12(9)8-19-16(23)21-15(22)11-4-2-3-5-14(11)20-21;1-23-14-7-6-11(17)8-10(14)9-18-16(22)20-15(21)12-4-2-3-5-13(12)19-20/h2-7,20H,8H2,1H3,(H,19,23);2-8,19H,9H2,1H3,(H,18,22). The molecule has 4 aromatic carbocycles. The van der Waals surface area contributed by atoms with E-state index in [0.29, 0.717) is 42.6 Å². The van der Waals surface area contributed by atoms with Crippen molar-refractivity contribution in [2.75, 3.05) is 7.11 Å². The van der Waals surface area contributed by atoms with Gasteiger partial charge in [-0.15, -0.1) is 0 Å². The fraction of sp³-hybridized carbons (Fsp3) is 0.125. The number of hydrogen-bond acceptors (Lipinski definition) is 5. The molecular weight excluding hydrogens is 655 g/mol. The van der Waals surface area contributed by atoms with Crippen LogP contribution in [0.3, 0.4) is 0 Å². The van der Waals surface area contributed by atoms with Crippen LogP contribution >= 0.6 is 34.8 Å². The molecule has 0 fully saturated rings. The molecular formula is C32H27Cl3N6O5. The Morgan fingerprint density at radius 2 is 1.28 bits per heavy atom. The van der Waals surface area contributed by atoms with Gasteiger partial charge in [0.1, 0.15) is 5.75 Å². The van der Waals surface area contributed by atoms with Gasteiger partial charge in [-0.05, 0) is 72.6 Å². The van der Waals surface area contributed by atoms with E-state index in [1.807, 2.05) is 6.92 Å². The van der Waals surface area contributed by atoms with Crippen LogP contribution in [0, 0.1) is 6.92 Å². The molecule has 0 saturated heterocycles. The van der Waals surface area contributed by atoms with Crippen LogP contribution in [0.1, 0.15) is 16.7 Å². The summed E-state index contributed by atoms with van der Waals surface area (Å²) in [5.41, 5.74) is 2.77. The molecule has 0 radical (unpaired) electrons. The lowest BCUT2D eigenvalue weighted by atomic mass is 10.1. The van der Waals surface area contributed by atoms with Gasteiger partial charge in [0.15, 0.2) is 0 Å². The second kappa shape index (κ2) is 14.0. The minimum atomic E-state index is -0.548. The Hall–Kier alpha value is -4.97. The van der Waals surface area contributed by atoms with Crippen LogP contribution in [0.2, 0.25) is 15.1 Å². The number of rotatable bonds is 5. The number of carbonyl (C=O) groups excluding carboxylic acids is 2. The lowest BCUT2D eigenvalue weighted by Crippen LogP contribution is -2.35. The van der Waals surface area contributed by atoms with E-state index in [2.05, 4.69) is 20.8 Å². The van der Waals surface area contributed by atoms with Crippen LogP contribution in [0.15, 0.2) is 88.5 Å². The molecule has 0 bridgehead atoms. The monoisotopic (exact) mass is 680 g/mol. The number of para-hydroxylation sites is 2. The van der Waals surface area contributed by atoms with E-state index in [0.717, 1.165) is 26.1 Å². The van der Waals surface area contributed by atoms with Crippen LogP contribution in [-0.2, 0) is 13.1 Å². The number of aromatic amines is 2. The summed E-state index contributed by atoms with van der Waals surface area (Å²) in [5, 5.41) is 13.4. The zero-order valence-corrected chi connectivity index (χ0v) is 26.8. The molecule has 6 rings (SSSR count). The number of carbonyl (C=O) groups is 2. The van der Waals surface area contributed by atoms with E-state index in [1.54, 1.807) is 78.9 Å². The maximum atomic E-state index is 12.2. The van der Waals surface area contributed by atoms with Crippen molar-refractivity contribution in [3.8, 4) is 5.75 Å². The minimum absolute atomic E-state index is 0.185. The first-order valence-corrected chi connectivity index (χ1v) is 14.9. The summed E-state index contributed by atoms with van der Waals surface area (Å²) in [6.45, 7) is 2.24. The van der Waals surface area contributed by atoms with Crippen LogP contribution in [0.4, 0.5) is 9.59 Å². The number of ether oxygens (including phenoxy) is 1. The van der Waals surface area contributed by atoms with Gasteiger partial charge in [-0.2, -0.15) is 9.36 Å². The molecule has 11 nitrogen and oxygen atoms in total. The van der Waals surface area contributed by atoms with Crippen molar-refractivity contribution in [1.29, 1.82) is 0 Å². The van der Waals surface area contributed by atoms with Gasteiger partial charge in [0.25, 0.3) is 11.1 Å². The molecule has 46 heavy (non-hydrogen) atoms. The van der Waals surface area contributed by atoms with E-state index in [1.165, 1.54) is 7.11 Å². The normalized spacial score (nSPS) is 10.8. The van der Waals surface area contributed by atoms with Crippen LogP contribution < -0.4 is 26.5 Å². The zero-order valence-electron chi connectivity index (χ0n) is 24.5. The fourth-order valence-corrected chi connectivity index (χ4v) is 5.59. The number of hydrogen-bond donors (Lipinski definition) is 4. The van der Waals surface area contributed by atoms with Crippen LogP contribution in [0.25, 0.3) is 21.8 Å². The van der Waals surface area contributed by atoms with E-state index in [-0.39, 0.29) is 13.1 Å². The quantitative estimate of drug-likeness (QED) is 0.165. The van der Waals surface area contributed by atoms with E-state index in [4.69, 9.17) is 39.5 Å². The van der Waals surface area contributed by atoms with Gasteiger partial charge in [-0.3, -0.25) is 19.8 Å². The van der Waals surface area contributed by atoms with Gasteiger partial charge in [-0.1, -0.05) is 59.1 Å². The van der Waals surface area contributed by atoms with Crippen LogP contribution in [0.5, 0.6) is 5.75 Å². The Morgan fingerprint density at radius 1 is 0.739 bits per heavy atom. The molecule has 0 unspecified atom stereocenters. The maximum absolute atomic E-state index is 12.2. The predicted octanol–water partition coefficient (Wildman–Crippen LogP) is 6.45. The van der Waals surface area contributed by atoms with E-state index < -0.39 is 23.2 Å². The second-order valence-corrected chi connectivity index (χ2v) is 11.3. The van der Waals surface area contributed by atoms with E-state index >= 15 is 0 Å². The third-order valence-electron chi connectivity index (χ3n) is 7.06. The number of aryl methyl sites for hydroxylation is 1. The third kappa shape index (κ3) is 6.96. The summed E-state index contributed by atoms with van der Waals surface area (Å²) in [6.07, 6.45) is 0. The second-order valence-electron chi connectivity index (χ2n) is 10.1. The first-order chi connectivity index (χ1) is 22.1. The highest BCUT2D eigenvalue weighted by Crippen LogP contribution is 2.25. The number of methoxy groups -OCH3 is 1. The third-order valence-corrected chi connectivity index (χ3v) is 7.85. The molecule has 4 N–H and O–H groups in total. The number of H-pyrrole nitrogens is 2. The summed E-state index contributed by atoms with van der Waals surface area (Å²) in [7, 11) is 1.54. The number of nitrogens with one attached hydrogen (secondary N) is 4. The van der Waals surface area contributed by atoms with Gasteiger partial charge in [0.2, 0.25) is 0 Å². The zero-order chi connectivity index (χ0) is 33.0. The summed E-state index contributed by atoms with van der Waals surface area (Å²) in [5.74, 6) is 0.610. The number of halogens is 3. The van der Waals surface area contributed by atoms with Crippen molar-refractivity contribution in [2.45, 2.75) is 20.0 Å². The Kier molecular flexibility index (Phi) is 9.86. The van der Waals surface area contributed by atoms with E-state index in [9.17, 15) is 19.2 Å². The average Bonchev–Trinajstić information content (AvgIpc) is 3.56. The molecule has 2 aromatic heterocycles. The molecule has 0 saturated carbocycles. The van der Waals surface area contributed by atoms with Crippen molar-refractivity contribution in [1.82, 2.24) is 30.2 Å². The molecule has 0 atom stereocenters. The average molecular weight is 682 g/mol. The smallest absolute Gasteiger partial charge is 0.343 e. The molecule has 236 valence electrons. The van der Waals surface area contributed by atoms with Gasteiger partial charge in [0.05, 0.1) is 28.9 Å². The first kappa shape index (κ1) is 32.4. The summed E-state index contributed by atoms with van der Waals surface area (Å²) in [4.78, 5) is 48.9. The van der Waals surface area contributed by atoms with Crippen molar-refractivity contribution in [3.05, 3.63) is 131 Å². The number of benzene rings is 4. The first-order valence-electron chi connectivity index (χ1n) is 13.8. The molecule has 2 amide bonds.